The molecule has 4 nitrogen and oxygen atoms in total. The van der Waals surface area contributed by atoms with Crippen LogP contribution in [0.15, 0.2) is 46.1 Å². The lowest BCUT2D eigenvalue weighted by Gasteiger charge is -1.94. The zero-order valence-corrected chi connectivity index (χ0v) is 7.21. The third kappa shape index (κ3) is 0.821. The van der Waals surface area contributed by atoms with E-state index in [0.29, 0.717) is 11.4 Å². The van der Waals surface area contributed by atoms with Crippen LogP contribution in [-0.2, 0) is 0 Å². The van der Waals surface area contributed by atoms with Gasteiger partial charge in [0, 0.05) is 4.76 Å². The van der Waals surface area contributed by atoms with E-state index >= 15 is 0 Å². The van der Waals surface area contributed by atoms with Gasteiger partial charge in [-0.1, -0.05) is 22.0 Å². The molecule has 2 aliphatic rings. The third-order valence-corrected chi connectivity index (χ3v) is 2.23. The number of rotatable bonds is 0. The molecule has 0 fully saturated rings. The van der Waals surface area contributed by atoms with Crippen LogP contribution in [0, 0.1) is 4.91 Å². The lowest BCUT2D eigenvalue weighted by Crippen LogP contribution is -2.25. The molecular formula is C10H6N3O+. The smallest absolute Gasteiger partial charge is 0.240 e. The first-order chi connectivity index (χ1) is 6.86. The van der Waals surface area contributed by atoms with Crippen molar-refractivity contribution < 1.29 is 4.76 Å². The molecule has 2 heterocycles. The Hall–Kier alpha value is -2.10. The van der Waals surface area contributed by atoms with Crippen molar-refractivity contribution in [3.63, 3.8) is 0 Å². The molecule has 0 atom stereocenters. The van der Waals surface area contributed by atoms with Crippen molar-refractivity contribution in [2.45, 2.75) is 0 Å². The minimum Gasteiger partial charge on any atom is -0.240 e. The van der Waals surface area contributed by atoms with Gasteiger partial charge in [-0.2, -0.15) is 0 Å². The van der Waals surface area contributed by atoms with Crippen LogP contribution in [0.4, 0.5) is 0 Å². The molecule has 0 saturated heterocycles. The van der Waals surface area contributed by atoms with Crippen molar-refractivity contribution in [1.29, 1.82) is 0 Å². The largest absolute Gasteiger partial charge is 0.330 e. The molecule has 2 aliphatic heterocycles. The van der Waals surface area contributed by atoms with E-state index in [1.54, 1.807) is 6.20 Å². The summed E-state index contributed by atoms with van der Waals surface area (Å²) in [5, 5.41) is 1.71. The Balaban J connectivity index is 2.51. The first-order valence-electron chi connectivity index (χ1n) is 4.24. The molecule has 0 N–H and O–H groups in total. The molecule has 1 aromatic rings. The number of hydrogen-bond donors (Lipinski definition) is 0. The Bertz CT molecular complexity index is 610. The van der Waals surface area contributed by atoms with Crippen LogP contribution in [0.25, 0.3) is 5.70 Å². The molecule has 0 spiro atoms. The molecule has 0 aliphatic carbocycles. The summed E-state index contributed by atoms with van der Waals surface area (Å²) < 4.78 is 0.755. The van der Waals surface area contributed by atoms with E-state index in [1.165, 1.54) is 6.34 Å². The van der Waals surface area contributed by atoms with Crippen LogP contribution in [0.3, 0.4) is 0 Å². The van der Waals surface area contributed by atoms with Gasteiger partial charge in [-0.25, -0.2) is 4.99 Å². The van der Waals surface area contributed by atoms with Crippen molar-refractivity contribution in [3.8, 4) is 0 Å². The second-order valence-electron chi connectivity index (χ2n) is 3.08. The Morgan fingerprint density at radius 1 is 1.21 bits per heavy atom. The fraction of sp³-hybridized carbons (Fsp3) is 0. The molecule has 0 bridgehead atoms. The van der Waals surface area contributed by atoms with Crippen molar-refractivity contribution in [1.82, 2.24) is 0 Å². The van der Waals surface area contributed by atoms with Crippen molar-refractivity contribution in [2.75, 3.05) is 0 Å². The van der Waals surface area contributed by atoms with E-state index < -0.39 is 0 Å². The van der Waals surface area contributed by atoms with Gasteiger partial charge in [-0.3, -0.25) is 0 Å². The highest BCUT2D eigenvalue weighted by molar-refractivity contribution is 5.68. The maximum Gasteiger partial charge on any atom is 0.330 e. The summed E-state index contributed by atoms with van der Waals surface area (Å²) in [6, 6.07) is 7.56. The van der Waals surface area contributed by atoms with Crippen LogP contribution < -0.4 is 10.6 Å². The summed E-state index contributed by atoms with van der Waals surface area (Å²) in [5.74, 6) is 0. The minimum absolute atomic E-state index is 0.593. The standard InChI is InChI=1S/C10H6N3O/c14-13-6-11-5-9-10(13)7-3-1-2-4-8(7)12-9/h1-6H/q+1. The van der Waals surface area contributed by atoms with E-state index in [2.05, 4.69) is 9.98 Å². The molecule has 14 heavy (non-hydrogen) atoms. The van der Waals surface area contributed by atoms with Gasteiger partial charge in [0.1, 0.15) is 0 Å². The Kier molecular flexibility index (Phi) is 1.28. The number of nitroso groups, excluding NO2 is 1. The van der Waals surface area contributed by atoms with Gasteiger partial charge in [0.05, 0.1) is 10.6 Å². The number of fused-ring (bicyclic) bond motifs is 2. The van der Waals surface area contributed by atoms with Gasteiger partial charge in [-0.15, -0.1) is 0 Å². The zero-order valence-electron chi connectivity index (χ0n) is 7.21. The van der Waals surface area contributed by atoms with E-state index in [1.807, 2.05) is 24.3 Å². The summed E-state index contributed by atoms with van der Waals surface area (Å²) >= 11 is 0. The number of aliphatic imine (C=N–C) groups is 1. The maximum atomic E-state index is 11.5. The SMILES string of the molecule is O=[N+]1C=NC=C2N=c3ccccc3=C21. The number of para-hydroxylation sites is 1. The molecule has 0 aromatic heterocycles. The monoisotopic (exact) mass is 184 g/mol. The summed E-state index contributed by atoms with van der Waals surface area (Å²) in [6.45, 7) is 0. The van der Waals surface area contributed by atoms with E-state index in [-0.39, 0.29) is 0 Å². The maximum absolute atomic E-state index is 11.5. The highest BCUT2D eigenvalue weighted by Crippen LogP contribution is 2.16. The van der Waals surface area contributed by atoms with Crippen molar-refractivity contribution >= 4 is 12.0 Å². The lowest BCUT2D eigenvalue weighted by molar-refractivity contribution is -0.312. The highest BCUT2D eigenvalue weighted by atomic mass is 16.3. The second-order valence-corrected chi connectivity index (χ2v) is 3.08. The van der Waals surface area contributed by atoms with Crippen LogP contribution in [0.1, 0.15) is 0 Å². The fourth-order valence-corrected chi connectivity index (χ4v) is 1.64. The fourth-order valence-electron chi connectivity index (χ4n) is 1.64. The van der Waals surface area contributed by atoms with E-state index in [9.17, 15) is 4.91 Å². The summed E-state index contributed by atoms with van der Waals surface area (Å²) in [6.07, 6.45) is 2.85. The van der Waals surface area contributed by atoms with Crippen LogP contribution in [0.5, 0.6) is 0 Å². The summed E-state index contributed by atoms with van der Waals surface area (Å²) in [5.41, 5.74) is 1.24. The Morgan fingerprint density at radius 3 is 3.00 bits per heavy atom. The summed E-state index contributed by atoms with van der Waals surface area (Å²) in [4.78, 5) is 19.6. The van der Waals surface area contributed by atoms with Gasteiger partial charge >= 0.3 is 6.34 Å². The first-order valence-corrected chi connectivity index (χ1v) is 4.24. The highest BCUT2D eigenvalue weighted by Gasteiger charge is 2.26. The topological polar surface area (TPSA) is 44.8 Å². The van der Waals surface area contributed by atoms with Crippen LogP contribution in [0.2, 0.25) is 0 Å². The average Bonchev–Trinajstić information content (AvgIpc) is 2.57. The third-order valence-electron chi connectivity index (χ3n) is 2.23. The predicted octanol–water partition coefficient (Wildman–Crippen LogP) is 0.0902. The van der Waals surface area contributed by atoms with Gasteiger partial charge in [-0.05, 0) is 12.1 Å². The molecule has 3 rings (SSSR count). The minimum atomic E-state index is 0.593. The van der Waals surface area contributed by atoms with E-state index in [4.69, 9.17) is 0 Å². The normalized spacial score (nSPS) is 17.3. The Morgan fingerprint density at radius 2 is 2.07 bits per heavy atom. The van der Waals surface area contributed by atoms with E-state index in [0.717, 1.165) is 15.3 Å². The molecule has 0 saturated carbocycles. The molecule has 1 aromatic carbocycles. The Labute approximate surface area is 79.2 Å². The van der Waals surface area contributed by atoms with Gasteiger partial charge in [0.15, 0.2) is 11.9 Å². The van der Waals surface area contributed by atoms with Crippen LogP contribution in [-0.4, -0.2) is 11.1 Å². The van der Waals surface area contributed by atoms with Crippen LogP contribution >= 0.6 is 0 Å². The molecule has 66 valence electrons. The van der Waals surface area contributed by atoms with Gasteiger partial charge in [0.2, 0.25) is 5.70 Å². The van der Waals surface area contributed by atoms with Crippen molar-refractivity contribution in [3.05, 3.63) is 51.6 Å². The number of nitrogens with zero attached hydrogens (tertiary/aromatic N) is 3. The van der Waals surface area contributed by atoms with Crippen molar-refractivity contribution in [2.24, 2.45) is 9.98 Å². The molecule has 0 unspecified atom stereocenters. The quantitative estimate of drug-likeness (QED) is 0.527. The first kappa shape index (κ1) is 7.32. The molecule has 0 amide bonds. The average molecular weight is 184 g/mol. The molecular weight excluding hydrogens is 178 g/mol. The zero-order chi connectivity index (χ0) is 9.54. The number of benzene rings is 1. The number of hydrogen-bond acceptors (Lipinski definition) is 3. The van der Waals surface area contributed by atoms with Gasteiger partial charge < -0.3 is 0 Å². The second kappa shape index (κ2) is 2.45. The molecule has 4 heteroatoms. The lowest BCUT2D eigenvalue weighted by atomic mass is 10.2. The predicted molar refractivity (Wildman–Crippen MR) is 50.8 cm³/mol. The summed E-state index contributed by atoms with van der Waals surface area (Å²) in [7, 11) is 0. The molecule has 0 radical (unpaired) electrons. The van der Waals surface area contributed by atoms with Gasteiger partial charge in [0.25, 0.3) is 0 Å².